The Morgan fingerprint density at radius 2 is 1.68 bits per heavy atom. The summed E-state index contributed by atoms with van der Waals surface area (Å²) in [5.74, 6) is 0.428. The molecule has 0 spiro atoms. The molecule has 150 valence electrons. The van der Waals surface area contributed by atoms with Gasteiger partial charge in [-0.3, -0.25) is 9.59 Å². The number of nitrogens with one attached hydrogen (secondary N) is 3. The van der Waals surface area contributed by atoms with Crippen LogP contribution in [0.5, 0.6) is 5.75 Å². The molecular formula is C21H27N3O4. The lowest BCUT2D eigenvalue weighted by Gasteiger charge is -2.15. The highest BCUT2D eigenvalue weighted by Gasteiger charge is 2.06. The number of hydrogen-bond acceptors (Lipinski definition) is 6. The number of anilines is 3. The molecule has 0 aliphatic carbocycles. The molecule has 0 unspecified atom stereocenters. The van der Waals surface area contributed by atoms with Crippen LogP contribution in [0.4, 0.5) is 17.1 Å². The molecule has 0 saturated carbocycles. The van der Waals surface area contributed by atoms with Crippen LogP contribution in [-0.2, 0) is 4.79 Å². The lowest BCUT2D eigenvalue weighted by atomic mass is 10.3. The van der Waals surface area contributed by atoms with Crippen molar-refractivity contribution in [2.24, 2.45) is 0 Å². The predicted octanol–water partition coefficient (Wildman–Crippen LogP) is 2.49. The van der Waals surface area contributed by atoms with Gasteiger partial charge in [-0.05, 0) is 48.5 Å². The van der Waals surface area contributed by atoms with Crippen molar-refractivity contribution in [1.29, 1.82) is 0 Å². The first-order valence-corrected chi connectivity index (χ1v) is 9.17. The molecule has 0 saturated heterocycles. The van der Waals surface area contributed by atoms with Crippen LogP contribution in [0.15, 0.2) is 53.3 Å². The Bertz CT molecular complexity index is 838. The summed E-state index contributed by atoms with van der Waals surface area (Å²) in [6.45, 7) is 6.10. The Labute approximate surface area is 164 Å². The zero-order valence-electron chi connectivity index (χ0n) is 16.4. The summed E-state index contributed by atoms with van der Waals surface area (Å²) >= 11 is 0. The first kappa shape index (κ1) is 21.4. The lowest BCUT2D eigenvalue weighted by molar-refractivity contribution is -0.114. The Hall–Kier alpha value is -2.90. The van der Waals surface area contributed by atoms with Gasteiger partial charge >= 0.3 is 0 Å². The van der Waals surface area contributed by atoms with Gasteiger partial charge in [-0.15, -0.1) is 0 Å². The molecule has 2 aromatic carbocycles. The summed E-state index contributed by atoms with van der Waals surface area (Å²) < 4.78 is 5.58. The molecule has 0 aliphatic rings. The van der Waals surface area contributed by atoms with E-state index in [1.165, 1.54) is 13.0 Å². The van der Waals surface area contributed by atoms with E-state index in [2.05, 4.69) is 16.0 Å². The third-order valence-corrected chi connectivity index (χ3v) is 3.77. The number of ether oxygens (including phenoxy) is 1. The first-order valence-electron chi connectivity index (χ1n) is 9.17. The Balaban J connectivity index is 1.96. The van der Waals surface area contributed by atoms with Gasteiger partial charge in [0.2, 0.25) is 11.3 Å². The molecule has 2 rings (SSSR count). The van der Waals surface area contributed by atoms with Crippen LogP contribution in [-0.4, -0.2) is 36.3 Å². The number of hydrogen-bond donors (Lipinski definition) is 4. The molecule has 7 heteroatoms. The molecule has 7 nitrogen and oxygen atoms in total. The maximum absolute atomic E-state index is 12.2. The fraction of sp³-hybridized carbons (Fsp3) is 0.333. The number of carbonyl (C=O) groups is 1. The van der Waals surface area contributed by atoms with Crippen molar-refractivity contribution < 1.29 is 14.6 Å². The molecule has 1 atom stereocenters. The van der Waals surface area contributed by atoms with Crippen LogP contribution in [0.25, 0.3) is 0 Å². The first-order chi connectivity index (χ1) is 13.3. The van der Waals surface area contributed by atoms with Crippen molar-refractivity contribution >= 4 is 23.0 Å². The van der Waals surface area contributed by atoms with E-state index in [0.717, 1.165) is 5.69 Å². The van der Waals surface area contributed by atoms with Gasteiger partial charge < -0.3 is 25.8 Å². The maximum Gasteiger partial charge on any atom is 0.221 e. The molecule has 4 N–H and O–H groups in total. The molecular weight excluding hydrogens is 358 g/mol. The van der Waals surface area contributed by atoms with E-state index < -0.39 is 6.10 Å². The lowest BCUT2D eigenvalue weighted by Crippen LogP contribution is -2.35. The van der Waals surface area contributed by atoms with Crippen LogP contribution in [0.1, 0.15) is 20.8 Å². The molecule has 28 heavy (non-hydrogen) atoms. The Kier molecular flexibility index (Phi) is 7.98. The van der Waals surface area contributed by atoms with Gasteiger partial charge in [0.1, 0.15) is 18.5 Å². The van der Waals surface area contributed by atoms with Crippen LogP contribution >= 0.6 is 0 Å². The second-order valence-electron chi connectivity index (χ2n) is 6.76. The Morgan fingerprint density at radius 1 is 1.04 bits per heavy atom. The fourth-order valence-corrected chi connectivity index (χ4v) is 2.37. The number of carbonyl (C=O) groups excluding carboxylic acids is 1. The molecule has 0 radical (unpaired) electrons. The average molecular weight is 385 g/mol. The molecule has 0 aliphatic heterocycles. The largest absolute Gasteiger partial charge is 0.491 e. The summed E-state index contributed by atoms with van der Waals surface area (Å²) in [6, 6.07) is 13.7. The van der Waals surface area contributed by atoms with E-state index in [0.29, 0.717) is 29.7 Å². The topological polar surface area (TPSA) is 99.7 Å². The van der Waals surface area contributed by atoms with E-state index in [9.17, 15) is 14.7 Å². The predicted molar refractivity (Wildman–Crippen MR) is 111 cm³/mol. The number of aliphatic hydroxyl groups excluding tert-OH is 1. The normalized spacial score (nSPS) is 11.8. The van der Waals surface area contributed by atoms with Crippen molar-refractivity contribution in [3.05, 3.63) is 58.8 Å². The van der Waals surface area contributed by atoms with Gasteiger partial charge in [0.25, 0.3) is 0 Å². The molecule has 0 fully saturated rings. The van der Waals surface area contributed by atoms with Gasteiger partial charge in [0.15, 0.2) is 0 Å². The third kappa shape index (κ3) is 7.38. The third-order valence-electron chi connectivity index (χ3n) is 3.77. The van der Waals surface area contributed by atoms with Crippen molar-refractivity contribution in [2.75, 3.05) is 23.8 Å². The van der Waals surface area contributed by atoms with Gasteiger partial charge in [-0.2, -0.15) is 0 Å². The standard InChI is InChI=1S/C21H27N3O4/c1-14(2)22-12-18(26)13-28-19-8-4-17(5-9-19)24-20-10-6-16(23-15(3)25)7-11-21(20)27/h4-11,14,18,22,26H,12-13H2,1-3H3,(H,23,25)(H,24,27)/t18-/m1/s1. The molecule has 0 aromatic heterocycles. The highest BCUT2D eigenvalue weighted by Crippen LogP contribution is 2.19. The van der Waals surface area contributed by atoms with E-state index in [-0.39, 0.29) is 17.9 Å². The highest BCUT2D eigenvalue weighted by molar-refractivity contribution is 5.88. The maximum atomic E-state index is 12.2. The fourth-order valence-electron chi connectivity index (χ4n) is 2.37. The zero-order chi connectivity index (χ0) is 20.5. The van der Waals surface area contributed by atoms with Gasteiger partial charge in [0, 0.05) is 30.9 Å². The smallest absolute Gasteiger partial charge is 0.221 e. The van der Waals surface area contributed by atoms with Gasteiger partial charge in [-0.25, -0.2) is 0 Å². The number of rotatable bonds is 9. The minimum atomic E-state index is -0.592. The molecule has 2 aromatic rings. The summed E-state index contributed by atoms with van der Waals surface area (Å²) in [5, 5.41) is 18.7. The minimum absolute atomic E-state index is 0.192. The van der Waals surface area contributed by atoms with Gasteiger partial charge in [-0.1, -0.05) is 13.8 Å². The number of amides is 1. The molecule has 1 amide bonds. The minimum Gasteiger partial charge on any atom is -0.491 e. The average Bonchev–Trinajstić information content (AvgIpc) is 2.81. The summed E-state index contributed by atoms with van der Waals surface area (Å²) in [5.41, 5.74) is 1.46. The zero-order valence-corrected chi connectivity index (χ0v) is 16.4. The molecule has 0 bridgehead atoms. The van der Waals surface area contributed by atoms with E-state index >= 15 is 0 Å². The Morgan fingerprint density at radius 3 is 2.32 bits per heavy atom. The quantitative estimate of drug-likeness (QED) is 0.529. The second-order valence-corrected chi connectivity index (χ2v) is 6.76. The summed E-state index contributed by atoms with van der Waals surface area (Å²) in [6.07, 6.45) is -0.592. The van der Waals surface area contributed by atoms with Gasteiger partial charge in [0.05, 0.1) is 5.69 Å². The molecule has 0 heterocycles. The summed E-state index contributed by atoms with van der Waals surface area (Å²) in [7, 11) is 0. The van der Waals surface area contributed by atoms with Crippen LogP contribution in [0, 0.1) is 0 Å². The van der Waals surface area contributed by atoms with E-state index in [1.54, 1.807) is 42.5 Å². The number of benzene rings is 1. The highest BCUT2D eigenvalue weighted by atomic mass is 16.5. The van der Waals surface area contributed by atoms with E-state index in [1.807, 2.05) is 13.8 Å². The van der Waals surface area contributed by atoms with Crippen LogP contribution in [0.3, 0.4) is 0 Å². The monoisotopic (exact) mass is 385 g/mol. The second kappa shape index (κ2) is 10.4. The van der Waals surface area contributed by atoms with Crippen LogP contribution in [0.2, 0.25) is 0 Å². The van der Waals surface area contributed by atoms with Crippen molar-refractivity contribution in [3.8, 4) is 5.75 Å². The SMILES string of the molecule is CC(=O)Nc1ccc(Nc2ccc(OC[C@H](O)CNC(C)C)cc2)c(=O)cc1. The van der Waals surface area contributed by atoms with Crippen LogP contribution < -0.4 is 26.1 Å². The van der Waals surface area contributed by atoms with Crippen molar-refractivity contribution in [2.45, 2.75) is 32.9 Å². The van der Waals surface area contributed by atoms with E-state index in [4.69, 9.17) is 4.74 Å². The van der Waals surface area contributed by atoms with Crippen molar-refractivity contribution in [3.63, 3.8) is 0 Å². The summed E-state index contributed by atoms with van der Waals surface area (Å²) in [4.78, 5) is 23.3. The van der Waals surface area contributed by atoms with Crippen molar-refractivity contribution in [1.82, 2.24) is 5.32 Å². The number of aliphatic hydroxyl groups is 1.